The third kappa shape index (κ3) is 6.01. The van der Waals surface area contributed by atoms with Gasteiger partial charge in [0, 0.05) is 24.3 Å². The van der Waals surface area contributed by atoms with Crippen LogP contribution in [-0.4, -0.2) is 30.5 Å². The zero-order valence-corrected chi connectivity index (χ0v) is 16.1. The van der Waals surface area contributed by atoms with Crippen molar-refractivity contribution in [3.63, 3.8) is 0 Å². The van der Waals surface area contributed by atoms with E-state index in [0.717, 1.165) is 44.8 Å². The van der Waals surface area contributed by atoms with Gasteiger partial charge in [-0.2, -0.15) is 0 Å². The average Bonchev–Trinajstić information content (AvgIpc) is 3.00. The molecule has 0 spiro atoms. The SMILES string of the molecule is Cl.O=C(CCC1CCNCC1)NCCCc1nc2c(s1)CCCC2. The summed E-state index contributed by atoms with van der Waals surface area (Å²) in [6.45, 7) is 3.02. The first kappa shape index (κ1) is 19.7. The minimum absolute atomic E-state index is 0. The molecule has 2 aliphatic rings. The summed E-state index contributed by atoms with van der Waals surface area (Å²) in [7, 11) is 0. The van der Waals surface area contributed by atoms with Crippen molar-refractivity contribution in [3.8, 4) is 0 Å². The largest absolute Gasteiger partial charge is 0.356 e. The quantitative estimate of drug-likeness (QED) is 0.723. The number of carbonyl (C=O) groups excluding carboxylic acids is 1. The third-order valence-electron chi connectivity index (χ3n) is 5.02. The average molecular weight is 372 g/mol. The fourth-order valence-electron chi connectivity index (χ4n) is 3.57. The second-order valence-corrected chi connectivity index (χ2v) is 8.04. The molecule has 3 rings (SSSR count). The van der Waals surface area contributed by atoms with Gasteiger partial charge in [0.2, 0.25) is 5.91 Å². The van der Waals surface area contributed by atoms with Gasteiger partial charge in [0.05, 0.1) is 10.7 Å². The van der Waals surface area contributed by atoms with E-state index in [4.69, 9.17) is 4.98 Å². The molecule has 1 aromatic heterocycles. The molecule has 1 fully saturated rings. The van der Waals surface area contributed by atoms with Gasteiger partial charge in [0.25, 0.3) is 0 Å². The number of halogens is 1. The lowest BCUT2D eigenvalue weighted by Crippen LogP contribution is -2.29. The molecule has 1 aliphatic heterocycles. The summed E-state index contributed by atoms with van der Waals surface area (Å²) < 4.78 is 0. The molecule has 0 atom stereocenters. The maximum atomic E-state index is 11.9. The van der Waals surface area contributed by atoms with Crippen molar-refractivity contribution >= 4 is 29.7 Å². The fraction of sp³-hybridized carbons (Fsp3) is 0.778. The van der Waals surface area contributed by atoms with Gasteiger partial charge in [0.15, 0.2) is 0 Å². The number of fused-ring (bicyclic) bond motifs is 1. The highest BCUT2D eigenvalue weighted by atomic mass is 35.5. The summed E-state index contributed by atoms with van der Waals surface area (Å²) in [5.74, 6) is 0.964. The number of nitrogens with one attached hydrogen (secondary N) is 2. The zero-order chi connectivity index (χ0) is 15.9. The van der Waals surface area contributed by atoms with Crippen molar-refractivity contribution in [3.05, 3.63) is 15.6 Å². The summed E-state index contributed by atoms with van der Waals surface area (Å²) >= 11 is 1.89. The fourth-order valence-corrected chi connectivity index (χ4v) is 4.77. The van der Waals surface area contributed by atoms with Crippen LogP contribution < -0.4 is 10.6 Å². The van der Waals surface area contributed by atoms with Gasteiger partial charge in [-0.1, -0.05) is 0 Å². The van der Waals surface area contributed by atoms with Crippen LogP contribution in [0.5, 0.6) is 0 Å². The number of aryl methyl sites for hydroxylation is 3. The van der Waals surface area contributed by atoms with E-state index in [-0.39, 0.29) is 18.3 Å². The summed E-state index contributed by atoms with van der Waals surface area (Å²) in [6.07, 6.45) is 11.2. The molecule has 4 nitrogen and oxygen atoms in total. The van der Waals surface area contributed by atoms with E-state index >= 15 is 0 Å². The molecule has 1 amide bonds. The normalized spacial score (nSPS) is 17.8. The Balaban J connectivity index is 0.00000208. The highest BCUT2D eigenvalue weighted by Gasteiger charge is 2.15. The number of hydrogen-bond donors (Lipinski definition) is 2. The number of nitrogens with zero attached hydrogens (tertiary/aromatic N) is 1. The Morgan fingerprint density at radius 2 is 2.04 bits per heavy atom. The Morgan fingerprint density at radius 1 is 1.25 bits per heavy atom. The number of carbonyl (C=O) groups is 1. The summed E-state index contributed by atoms with van der Waals surface area (Å²) in [5, 5.41) is 7.71. The van der Waals surface area contributed by atoms with Crippen molar-refractivity contribution in [2.75, 3.05) is 19.6 Å². The van der Waals surface area contributed by atoms with Crippen molar-refractivity contribution in [1.29, 1.82) is 0 Å². The van der Waals surface area contributed by atoms with Gasteiger partial charge < -0.3 is 10.6 Å². The number of aromatic nitrogens is 1. The molecule has 2 N–H and O–H groups in total. The van der Waals surface area contributed by atoms with Crippen LogP contribution in [0.25, 0.3) is 0 Å². The van der Waals surface area contributed by atoms with Crippen LogP contribution in [-0.2, 0) is 24.1 Å². The molecule has 24 heavy (non-hydrogen) atoms. The molecule has 1 aromatic rings. The minimum atomic E-state index is 0. The molecule has 1 aliphatic carbocycles. The monoisotopic (exact) mass is 371 g/mol. The van der Waals surface area contributed by atoms with Gasteiger partial charge in [-0.15, -0.1) is 23.7 Å². The molecule has 136 valence electrons. The first-order valence-corrected chi connectivity index (χ1v) is 10.1. The van der Waals surface area contributed by atoms with Gasteiger partial charge in [-0.05, 0) is 70.4 Å². The molecule has 0 radical (unpaired) electrons. The highest BCUT2D eigenvalue weighted by molar-refractivity contribution is 7.11. The van der Waals surface area contributed by atoms with E-state index < -0.39 is 0 Å². The summed E-state index contributed by atoms with van der Waals surface area (Å²) in [4.78, 5) is 18.2. The van der Waals surface area contributed by atoms with Crippen LogP contribution in [0.1, 0.15) is 60.5 Å². The number of hydrogen-bond acceptors (Lipinski definition) is 4. The second kappa shape index (κ2) is 10.4. The Morgan fingerprint density at radius 3 is 2.83 bits per heavy atom. The van der Waals surface area contributed by atoms with Crippen LogP contribution >= 0.6 is 23.7 Å². The lowest BCUT2D eigenvalue weighted by molar-refractivity contribution is -0.121. The standard InChI is InChI=1S/C18H29N3OS.ClH/c22-17(8-7-14-9-12-19-13-10-14)20-11-3-6-18-21-15-4-1-2-5-16(15)23-18;/h14,19H,1-13H2,(H,20,22);1H. The van der Waals surface area contributed by atoms with Crippen molar-refractivity contribution < 1.29 is 4.79 Å². The number of piperidine rings is 1. The molecule has 0 saturated carbocycles. The van der Waals surface area contributed by atoms with Crippen molar-refractivity contribution in [2.45, 2.75) is 64.2 Å². The second-order valence-electron chi connectivity index (χ2n) is 6.87. The van der Waals surface area contributed by atoms with Gasteiger partial charge in [-0.3, -0.25) is 4.79 Å². The predicted octanol–water partition coefficient (Wildman–Crippen LogP) is 3.27. The smallest absolute Gasteiger partial charge is 0.220 e. The molecule has 2 heterocycles. The van der Waals surface area contributed by atoms with Gasteiger partial charge in [0.1, 0.15) is 0 Å². The van der Waals surface area contributed by atoms with E-state index in [0.29, 0.717) is 6.42 Å². The summed E-state index contributed by atoms with van der Waals surface area (Å²) in [6, 6.07) is 0. The Hall–Kier alpha value is -0.650. The van der Waals surface area contributed by atoms with E-state index in [9.17, 15) is 4.79 Å². The summed E-state index contributed by atoms with van der Waals surface area (Å²) in [5.41, 5.74) is 1.35. The van der Waals surface area contributed by atoms with Crippen molar-refractivity contribution in [2.24, 2.45) is 5.92 Å². The molecule has 0 aromatic carbocycles. The van der Waals surface area contributed by atoms with Crippen LogP contribution in [0, 0.1) is 5.92 Å². The van der Waals surface area contributed by atoms with E-state index in [2.05, 4.69) is 10.6 Å². The molecular formula is C18H30ClN3OS. The maximum absolute atomic E-state index is 11.9. The predicted molar refractivity (Wildman–Crippen MR) is 102 cm³/mol. The zero-order valence-electron chi connectivity index (χ0n) is 14.4. The van der Waals surface area contributed by atoms with Crippen LogP contribution in [0.15, 0.2) is 0 Å². The van der Waals surface area contributed by atoms with Crippen LogP contribution in [0.2, 0.25) is 0 Å². The Labute approximate surface area is 155 Å². The van der Waals surface area contributed by atoms with Gasteiger partial charge >= 0.3 is 0 Å². The highest BCUT2D eigenvalue weighted by Crippen LogP contribution is 2.27. The van der Waals surface area contributed by atoms with E-state index in [1.165, 1.54) is 54.1 Å². The van der Waals surface area contributed by atoms with Crippen LogP contribution in [0.3, 0.4) is 0 Å². The molecule has 1 saturated heterocycles. The van der Waals surface area contributed by atoms with Crippen LogP contribution in [0.4, 0.5) is 0 Å². The molecule has 0 unspecified atom stereocenters. The number of thiazole rings is 1. The Bertz CT molecular complexity index is 491. The molecular weight excluding hydrogens is 342 g/mol. The number of amides is 1. The minimum Gasteiger partial charge on any atom is -0.356 e. The topological polar surface area (TPSA) is 54.0 Å². The van der Waals surface area contributed by atoms with Crippen molar-refractivity contribution in [1.82, 2.24) is 15.6 Å². The van der Waals surface area contributed by atoms with E-state index in [1.807, 2.05) is 11.3 Å². The lowest BCUT2D eigenvalue weighted by Gasteiger charge is -2.22. The molecule has 0 bridgehead atoms. The maximum Gasteiger partial charge on any atom is 0.220 e. The number of rotatable bonds is 7. The van der Waals surface area contributed by atoms with Gasteiger partial charge in [-0.25, -0.2) is 4.98 Å². The van der Waals surface area contributed by atoms with E-state index in [1.54, 1.807) is 0 Å². The third-order valence-corrected chi connectivity index (χ3v) is 6.24. The first-order valence-electron chi connectivity index (χ1n) is 9.26. The lowest BCUT2D eigenvalue weighted by atomic mass is 9.93. The first-order chi connectivity index (χ1) is 11.3. The Kier molecular flexibility index (Phi) is 8.50. The molecule has 6 heteroatoms.